The summed E-state index contributed by atoms with van der Waals surface area (Å²) in [4.78, 5) is 0. The van der Waals surface area contributed by atoms with Crippen molar-refractivity contribution in [1.29, 1.82) is 0 Å². The molecule has 0 heterocycles. The van der Waals surface area contributed by atoms with Gasteiger partial charge in [-0.1, -0.05) is 13.3 Å². The zero-order chi connectivity index (χ0) is 13.1. The van der Waals surface area contributed by atoms with Gasteiger partial charge in [0.25, 0.3) is 0 Å². The maximum atomic E-state index is 8.74. The van der Waals surface area contributed by atoms with Crippen LogP contribution in [0.25, 0.3) is 0 Å². The monoisotopic (exact) mass is 269 g/mol. The molecule has 0 aromatic carbocycles. The molecular formula is C4H15NO8S2. The summed E-state index contributed by atoms with van der Waals surface area (Å²) < 4.78 is 63.2. The van der Waals surface area contributed by atoms with Crippen LogP contribution in [-0.4, -0.2) is 41.6 Å². The molecule has 0 saturated heterocycles. The summed E-state index contributed by atoms with van der Waals surface area (Å²) in [5, 5.41) is 0. The molecule has 0 aromatic heterocycles. The summed E-state index contributed by atoms with van der Waals surface area (Å²) in [6.45, 7) is 2.98. The average molecular weight is 269 g/mol. The number of unbranched alkanes of at least 4 members (excludes halogenated alkanes) is 1. The van der Waals surface area contributed by atoms with E-state index in [1.807, 2.05) is 0 Å². The van der Waals surface area contributed by atoms with Crippen LogP contribution in [0.2, 0.25) is 0 Å². The van der Waals surface area contributed by atoms with Gasteiger partial charge < -0.3 is 5.73 Å². The van der Waals surface area contributed by atoms with Gasteiger partial charge in [-0.2, -0.15) is 16.8 Å². The van der Waals surface area contributed by atoms with Crippen LogP contribution in [0.15, 0.2) is 0 Å². The molecule has 96 valence electrons. The third kappa shape index (κ3) is 649. The largest absolute Gasteiger partial charge is 0.394 e. The zero-order valence-electron chi connectivity index (χ0n) is 7.94. The summed E-state index contributed by atoms with van der Waals surface area (Å²) in [5.74, 6) is 0. The lowest BCUT2D eigenvalue weighted by Crippen LogP contribution is -1.95. The van der Waals surface area contributed by atoms with Crippen LogP contribution >= 0.6 is 0 Å². The molecule has 0 spiro atoms. The van der Waals surface area contributed by atoms with Gasteiger partial charge in [-0.3, -0.25) is 18.2 Å². The first-order valence-electron chi connectivity index (χ1n) is 3.51. The van der Waals surface area contributed by atoms with Gasteiger partial charge in [0.15, 0.2) is 0 Å². The molecule has 0 saturated carbocycles. The molecule has 0 radical (unpaired) electrons. The van der Waals surface area contributed by atoms with E-state index in [9.17, 15) is 0 Å². The van der Waals surface area contributed by atoms with Gasteiger partial charge in [-0.05, 0) is 13.0 Å². The molecular weight excluding hydrogens is 254 g/mol. The minimum absolute atomic E-state index is 0.844. The van der Waals surface area contributed by atoms with Gasteiger partial charge in [0.1, 0.15) is 0 Å². The molecule has 0 unspecified atom stereocenters. The van der Waals surface area contributed by atoms with Gasteiger partial charge >= 0.3 is 20.8 Å². The van der Waals surface area contributed by atoms with Crippen molar-refractivity contribution in [1.82, 2.24) is 0 Å². The molecule has 6 N–H and O–H groups in total. The number of nitrogens with two attached hydrogens (primary N) is 1. The van der Waals surface area contributed by atoms with Crippen molar-refractivity contribution in [2.24, 2.45) is 5.73 Å². The lowest BCUT2D eigenvalue weighted by atomic mass is 10.3. The van der Waals surface area contributed by atoms with E-state index in [2.05, 4.69) is 6.92 Å². The van der Waals surface area contributed by atoms with Gasteiger partial charge in [0, 0.05) is 0 Å². The first-order valence-corrected chi connectivity index (χ1v) is 6.31. The fraction of sp³-hybridized carbons (Fsp3) is 1.00. The van der Waals surface area contributed by atoms with Crippen LogP contribution in [0, 0.1) is 0 Å². The fourth-order valence-corrected chi connectivity index (χ4v) is 0.204. The lowest BCUT2D eigenvalue weighted by Gasteiger charge is -1.80. The standard InChI is InChI=1S/C4H11N.2H2O4S/c1-2-3-4-5;2*1-5(2,3)4/h2-5H2,1H3;2*(H2,1,2,3,4). The van der Waals surface area contributed by atoms with Crippen LogP contribution in [0.3, 0.4) is 0 Å². The summed E-state index contributed by atoms with van der Waals surface area (Å²) in [6, 6.07) is 0. The van der Waals surface area contributed by atoms with Crippen molar-refractivity contribution in [3.8, 4) is 0 Å². The maximum Gasteiger partial charge on any atom is 0.394 e. The highest BCUT2D eigenvalue weighted by Gasteiger charge is 1.85. The minimum atomic E-state index is -4.67. The van der Waals surface area contributed by atoms with Crippen LogP contribution < -0.4 is 5.73 Å². The molecule has 0 aliphatic rings. The molecule has 0 rings (SSSR count). The Hall–Kier alpha value is -0.300. The highest BCUT2D eigenvalue weighted by molar-refractivity contribution is 7.80. The van der Waals surface area contributed by atoms with Crippen LogP contribution in [-0.2, 0) is 20.8 Å². The Bertz CT molecular complexity index is 258. The molecule has 0 aromatic rings. The summed E-state index contributed by atoms with van der Waals surface area (Å²) in [6.07, 6.45) is 2.39. The van der Waals surface area contributed by atoms with Crippen molar-refractivity contribution in [3.63, 3.8) is 0 Å². The molecule has 0 aliphatic heterocycles. The summed E-state index contributed by atoms with van der Waals surface area (Å²) in [7, 11) is -9.33. The first kappa shape index (κ1) is 20.2. The zero-order valence-corrected chi connectivity index (χ0v) is 9.57. The highest BCUT2D eigenvalue weighted by Crippen LogP contribution is 1.77. The second-order valence-electron chi connectivity index (χ2n) is 2.04. The SMILES string of the molecule is CCCCN.O=S(=O)(O)O.O=S(=O)(O)O. The quantitative estimate of drug-likeness (QED) is 0.411. The summed E-state index contributed by atoms with van der Waals surface area (Å²) in [5.41, 5.74) is 5.14. The van der Waals surface area contributed by atoms with E-state index in [-0.39, 0.29) is 0 Å². The Labute approximate surface area is 88.4 Å². The Morgan fingerprint density at radius 2 is 1.13 bits per heavy atom. The van der Waals surface area contributed by atoms with Crippen LogP contribution in [0.1, 0.15) is 19.8 Å². The Kier molecular flexibility index (Phi) is 13.7. The van der Waals surface area contributed by atoms with Crippen LogP contribution in [0.4, 0.5) is 0 Å². The molecule has 9 nitrogen and oxygen atoms in total. The molecule has 11 heteroatoms. The van der Waals surface area contributed by atoms with E-state index in [4.69, 9.17) is 40.8 Å². The Morgan fingerprint density at radius 3 is 1.13 bits per heavy atom. The first-order chi connectivity index (χ1) is 6.41. The lowest BCUT2D eigenvalue weighted by molar-refractivity contribution is 0.378. The van der Waals surface area contributed by atoms with Gasteiger partial charge in [0.2, 0.25) is 0 Å². The van der Waals surface area contributed by atoms with Crippen molar-refractivity contribution in [2.75, 3.05) is 6.54 Å². The topological polar surface area (TPSA) is 175 Å². The van der Waals surface area contributed by atoms with E-state index in [1.54, 1.807) is 0 Å². The third-order valence-corrected chi connectivity index (χ3v) is 0.558. The number of hydrogen-bond donors (Lipinski definition) is 5. The second-order valence-corrected chi connectivity index (χ2v) is 3.83. The predicted octanol–water partition coefficient (Wildman–Crippen LogP) is -0.560. The molecule has 0 atom stereocenters. The summed E-state index contributed by atoms with van der Waals surface area (Å²) >= 11 is 0. The minimum Gasteiger partial charge on any atom is -0.330 e. The predicted molar refractivity (Wildman–Crippen MR) is 52.3 cm³/mol. The van der Waals surface area contributed by atoms with Gasteiger partial charge in [-0.15, -0.1) is 0 Å². The van der Waals surface area contributed by atoms with E-state index in [0.717, 1.165) is 6.54 Å². The molecule has 15 heavy (non-hydrogen) atoms. The average Bonchev–Trinajstić information content (AvgIpc) is 1.80. The molecule has 0 aliphatic carbocycles. The van der Waals surface area contributed by atoms with Gasteiger partial charge in [-0.25, -0.2) is 0 Å². The number of hydrogen-bond acceptors (Lipinski definition) is 5. The van der Waals surface area contributed by atoms with Gasteiger partial charge in [0.05, 0.1) is 0 Å². The molecule has 0 amide bonds. The highest BCUT2D eigenvalue weighted by atomic mass is 32.3. The van der Waals surface area contributed by atoms with Crippen molar-refractivity contribution in [3.05, 3.63) is 0 Å². The smallest absolute Gasteiger partial charge is 0.330 e. The molecule has 0 bridgehead atoms. The van der Waals surface area contributed by atoms with Crippen molar-refractivity contribution < 1.29 is 35.0 Å². The van der Waals surface area contributed by atoms with E-state index >= 15 is 0 Å². The second kappa shape index (κ2) is 10.2. The Morgan fingerprint density at radius 1 is 0.933 bits per heavy atom. The fourth-order valence-electron chi connectivity index (χ4n) is 0.204. The van der Waals surface area contributed by atoms with E-state index in [0.29, 0.717) is 0 Å². The number of rotatable bonds is 2. The van der Waals surface area contributed by atoms with Crippen molar-refractivity contribution in [2.45, 2.75) is 19.8 Å². The normalized spacial score (nSPS) is 10.5. The Balaban J connectivity index is -0.000000144. The van der Waals surface area contributed by atoms with Crippen LogP contribution in [0.5, 0.6) is 0 Å². The van der Waals surface area contributed by atoms with E-state index < -0.39 is 20.8 Å². The maximum absolute atomic E-state index is 8.74. The molecule has 0 fully saturated rings. The third-order valence-electron chi connectivity index (χ3n) is 0.558. The van der Waals surface area contributed by atoms with Crippen molar-refractivity contribution >= 4 is 20.8 Å². The van der Waals surface area contributed by atoms with E-state index in [1.165, 1.54) is 12.8 Å².